The van der Waals surface area contributed by atoms with E-state index in [1.165, 1.54) is 43.5 Å². The normalized spacial score (nSPS) is 11.5. The second kappa shape index (κ2) is 8.57. The Hall–Kier alpha value is -2.48. The highest BCUT2D eigenvalue weighted by Gasteiger charge is 2.22. The van der Waals surface area contributed by atoms with Crippen LogP contribution in [0.1, 0.15) is 5.56 Å². The number of hydrogen-bond donors (Lipinski definition) is 2. The number of amides is 2. The summed E-state index contributed by atoms with van der Waals surface area (Å²) in [6.07, 6.45) is 0.100. The van der Waals surface area contributed by atoms with Crippen molar-refractivity contribution in [3.05, 3.63) is 64.1 Å². The van der Waals surface area contributed by atoms with Crippen molar-refractivity contribution in [3.63, 3.8) is 0 Å². The molecule has 25 heavy (non-hydrogen) atoms. The Bertz CT molecular complexity index is 769. The molecule has 5 nitrogen and oxygen atoms in total. The monoisotopic (exact) mass is 412 g/mol. The number of nitrogens with one attached hydrogen (secondary N) is 2. The van der Waals surface area contributed by atoms with Crippen LogP contribution in [0.2, 0.25) is 0 Å². The van der Waals surface area contributed by atoms with Crippen LogP contribution in [0, 0.1) is 11.6 Å². The second-order valence-corrected chi connectivity index (χ2v) is 6.04. The maximum absolute atomic E-state index is 13.8. The molecule has 0 aliphatic carbocycles. The summed E-state index contributed by atoms with van der Waals surface area (Å²) < 4.78 is 31.9. The number of anilines is 1. The first kappa shape index (κ1) is 18.9. The number of urea groups is 1. The molecule has 0 bridgehead atoms. The van der Waals surface area contributed by atoms with E-state index in [-0.39, 0.29) is 12.1 Å². The van der Waals surface area contributed by atoms with E-state index >= 15 is 0 Å². The van der Waals surface area contributed by atoms with Gasteiger partial charge in [0.25, 0.3) is 0 Å². The quantitative estimate of drug-likeness (QED) is 0.736. The maximum Gasteiger partial charge on any atom is 0.328 e. The molecule has 0 aliphatic heterocycles. The number of benzene rings is 2. The van der Waals surface area contributed by atoms with Gasteiger partial charge in [0.15, 0.2) is 0 Å². The Morgan fingerprint density at radius 2 is 1.84 bits per heavy atom. The molecule has 0 radical (unpaired) electrons. The molecule has 0 saturated heterocycles. The molecule has 0 aliphatic rings. The first-order chi connectivity index (χ1) is 11.9. The molecule has 2 aromatic carbocycles. The molecule has 2 amide bonds. The van der Waals surface area contributed by atoms with Crippen LogP contribution in [0.5, 0.6) is 0 Å². The largest absolute Gasteiger partial charge is 0.467 e. The summed E-state index contributed by atoms with van der Waals surface area (Å²) >= 11 is 3.12. The zero-order valence-electron chi connectivity index (χ0n) is 13.2. The lowest BCUT2D eigenvalue weighted by Crippen LogP contribution is -2.45. The predicted octanol–water partition coefficient (Wildman–Crippen LogP) is 3.63. The summed E-state index contributed by atoms with van der Waals surface area (Å²) in [6.45, 7) is 0. The Morgan fingerprint density at radius 1 is 1.16 bits per heavy atom. The van der Waals surface area contributed by atoms with Gasteiger partial charge in [-0.2, -0.15) is 0 Å². The molecule has 1 unspecified atom stereocenters. The van der Waals surface area contributed by atoms with E-state index in [2.05, 4.69) is 31.3 Å². The third-order valence-corrected chi connectivity index (χ3v) is 3.82. The summed E-state index contributed by atoms with van der Waals surface area (Å²) in [6, 6.07) is 7.88. The average Bonchev–Trinajstić information content (AvgIpc) is 2.58. The number of rotatable bonds is 5. The van der Waals surface area contributed by atoms with Crippen molar-refractivity contribution in [2.45, 2.75) is 12.5 Å². The van der Waals surface area contributed by atoms with E-state index in [4.69, 9.17) is 0 Å². The maximum atomic E-state index is 13.8. The van der Waals surface area contributed by atoms with Crippen LogP contribution in [-0.4, -0.2) is 25.2 Å². The first-order valence-electron chi connectivity index (χ1n) is 7.24. The topological polar surface area (TPSA) is 67.4 Å². The highest BCUT2D eigenvalue weighted by atomic mass is 79.9. The van der Waals surface area contributed by atoms with Crippen molar-refractivity contribution in [3.8, 4) is 0 Å². The van der Waals surface area contributed by atoms with Gasteiger partial charge in [0.05, 0.1) is 12.8 Å². The number of hydrogen-bond acceptors (Lipinski definition) is 3. The molecule has 2 N–H and O–H groups in total. The van der Waals surface area contributed by atoms with Crippen LogP contribution in [0.25, 0.3) is 0 Å². The summed E-state index contributed by atoms with van der Waals surface area (Å²) in [5.41, 5.74) is 0.595. The molecule has 0 saturated carbocycles. The van der Waals surface area contributed by atoms with Crippen molar-refractivity contribution >= 4 is 33.6 Å². The zero-order valence-corrected chi connectivity index (χ0v) is 14.8. The molecule has 0 aromatic heterocycles. The van der Waals surface area contributed by atoms with Crippen LogP contribution >= 0.6 is 15.9 Å². The smallest absolute Gasteiger partial charge is 0.328 e. The summed E-state index contributed by atoms with van der Waals surface area (Å²) in [7, 11) is 1.19. The Labute approximate surface area is 151 Å². The molecule has 132 valence electrons. The van der Waals surface area contributed by atoms with Crippen LogP contribution in [0.15, 0.2) is 46.9 Å². The van der Waals surface area contributed by atoms with E-state index in [1.54, 1.807) is 6.07 Å². The van der Waals surface area contributed by atoms with Gasteiger partial charge in [0, 0.05) is 10.9 Å². The van der Waals surface area contributed by atoms with Gasteiger partial charge in [0.1, 0.15) is 17.7 Å². The molecule has 1 atom stereocenters. The molecule has 0 heterocycles. The van der Waals surface area contributed by atoms with Crippen LogP contribution in [0.4, 0.5) is 19.3 Å². The summed E-state index contributed by atoms with van der Waals surface area (Å²) in [5.74, 6) is -1.71. The third-order valence-electron chi connectivity index (χ3n) is 3.32. The SMILES string of the molecule is COC(=O)C(Cc1ccc(F)cc1)NC(=O)Nc1ccc(Br)cc1F. The fourth-order valence-corrected chi connectivity index (χ4v) is 2.43. The minimum Gasteiger partial charge on any atom is -0.467 e. The lowest BCUT2D eigenvalue weighted by molar-refractivity contribution is -0.142. The van der Waals surface area contributed by atoms with Crippen LogP contribution in [-0.2, 0) is 16.0 Å². The molecular formula is C17H15BrF2N2O3. The third kappa shape index (κ3) is 5.53. The molecule has 2 rings (SSSR count). The second-order valence-electron chi connectivity index (χ2n) is 5.13. The van der Waals surface area contributed by atoms with Crippen molar-refractivity contribution in [2.75, 3.05) is 12.4 Å². The number of esters is 1. The van der Waals surface area contributed by atoms with Gasteiger partial charge < -0.3 is 15.4 Å². The van der Waals surface area contributed by atoms with Crippen LogP contribution < -0.4 is 10.6 Å². The fraction of sp³-hybridized carbons (Fsp3) is 0.176. The Balaban J connectivity index is 2.06. The number of halogens is 3. The van der Waals surface area contributed by atoms with Gasteiger partial charge in [-0.05, 0) is 35.9 Å². The molecule has 0 spiro atoms. The first-order valence-corrected chi connectivity index (χ1v) is 8.03. The van der Waals surface area contributed by atoms with Gasteiger partial charge >= 0.3 is 12.0 Å². The number of carbonyl (C=O) groups is 2. The molecular weight excluding hydrogens is 398 g/mol. The predicted molar refractivity (Wildman–Crippen MR) is 92.2 cm³/mol. The molecule has 8 heteroatoms. The lowest BCUT2D eigenvalue weighted by atomic mass is 10.1. The highest BCUT2D eigenvalue weighted by molar-refractivity contribution is 9.10. The average molecular weight is 413 g/mol. The van der Waals surface area contributed by atoms with E-state index in [1.807, 2.05) is 0 Å². The van der Waals surface area contributed by atoms with Gasteiger partial charge in [-0.1, -0.05) is 28.1 Å². The Kier molecular flexibility index (Phi) is 6.46. The van der Waals surface area contributed by atoms with Crippen molar-refractivity contribution in [1.82, 2.24) is 5.32 Å². The van der Waals surface area contributed by atoms with E-state index < -0.39 is 29.7 Å². The molecule has 0 fully saturated rings. The van der Waals surface area contributed by atoms with Gasteiger partial charge in [0.2, 0.25) is 0 Å². The molecule has 2 aromatic rings. The van der Waals surface area contributed by atoms with E-state index in [0.29, 0.717) is 10.0 Å². The van der Waals surface area contributed by atoms with Crippen molar-refractivity contribution in [1.29, 1.82) is 0 Å². The summed E-state index contributed by atoms with van der Waals surface area (Å²) in [5, 5.41) is 4.75. The van der Waals surface area contributed by atoms with Gasteiger partial charge in [-0.3, -0.25) is 0 Å². The standard InChI is InChI=1S/C17H15BrF2N2O3/c1-25-16(23)15(8-10-2-5-12(19)6-3-10)22-17(24)21-14-7-4-11(18)9-13(14)20/h2-7,9,15H,8H2,1H3,(H2,21,22,24). The highest BCUT2D eigenvalue weighted by Crippen LogP contribution is 2.19. The number of carbonyl (C=O) groups excluding carboxylic acids is 2. The minimum absolute atomic E-state index is 0.0360. The van der Waals surface area contributed by atoms with E-state index in [0.717, 1.165) is 0 Å². The van der Waals surface area contributed by atoms with Crippen LogP contribution in [0.3, 0.4) is 0 Å². The van der Waals surface area contributed by atoms with E-state index in [9.17, 15) is 18.4 Å². The zero-order chi connectivity index (χ0) is 18.4. The lowest BCUT2D eigenvalue weighted by Gasteiger charge is -2.17. The van der Waals surface area contributed by atoms with Gasteiger partial charge in [-0.15, -0.1) is 0 Å². The van der Waals surface area contributed by atoms with Gasteiger partial charge in [-0.25, -0.2) is 18.4 Å². The minimum atomic E-state index is -1.01. The summed E-state index contributed by atoms with van der Waals surface area (Å²) in [4.78, 5) is 23.9. The Morgan fingerprint density at radius 3 is 2.44 bits per heavy atom. The fourth-order valence-electron chi connectivity index (χ4n) is 2.10. The number of methoxy groups -OCH3 is 1. The van der Waals surface area contributed by atoms with Crippen molar-refractivity contribution < 1.29 is 23.1 Å². The van der Waals surface area contributed by atoms with Crippen molar-refractivity contribution in [2.24, 2.45) is 0 Å². The number of ether oxygens (including phenoxy) is 1.